The van der Waals surface area contributed by atoms with Crippen LogP contribution >= 0.6 is 0 Å². The predicted octanol–water partition coefficient (Wildman–Crippen LogP) is 3.61. The van der Waals surface area contributed by atoms with Crippen LogP contribution in [0.5, 0.6) is 11.5 Å². The van der Waals surface area contributed by atoms with Crippen molar-refractivity contribution >= 4 is 17.4 Å². The molecule has 1 fully saturated rings. The summed E-state index contributed by atoms with van der Waals surface area (Å²) in [6.07, 6.45) is 0.640. The summed E-state index contributed by atoms with van der Waals surface area (Å²) in [5.74, 6) is -1.29. The molecule has 1 amide bonds. The number of carbonyl (C=O) groups is 2. The largest absolute Gasteiger partial charge is 0.507 e. The van der Waals surface area contributed by atoms with Gasteiger partial charge in [-0.3, -0.25) is 9.59 Å². The van der Waals surface area contributed by atoms with Gasteiger partial charge in [0.15, 0.2) is 11.5 Å². The average molecular weight is 457 g/mol. The van der Waals surface area contributed by atoms with Crippen molar-refractivity contribution in [3.63, 3.8) is 0 Å². The van der Waals surface area contributed by atoms with Crippen molar-refractivity contribution < 1.29 is 28.6 Å². The molecule has 3 rings (SSSR count). The van der Waals surface area contributed by atoms with Gasteiger partial charge in [-0.05, 0) is 75.9 Å². The molecule has 176 valence electrons. The highest BCUT2D eigenvalue weighted by molar-refractivity contribution is 6.46. The van der Waals surface area contributed by atoms with E-state index in [4.69, 9.17) is 9.47 Å². The molecule has 1 aliphatic rings. The van der Waals surface area contributed by atoms with Gasteiger partial charge in [-0.1, -0.05) is 6.07 Å². The van der Waals surface area contributed by atoms with Gasteiger partial charge in [-0.2, -0.15) is 0 Å². The molecule has 1 heterocycles. The smallest absolute Gasteiger partial charge is 0.295 e. The molecule has 7 nitrogen and oxygen atoms in total. The van der Waals surface area contributed by atoms with Crippen LogP contribution in [0.25, 0.3) is 5.76 Å². The number of halogens is 1. The number of Topliss-reactive ketones (excluding diaryl/α,β-unsaturated/α-hetero) is 1. The molecule has 0 unspecified atom stereocenters. The monoisotopic (exact) mass is 456 g/mol. The van der Waals surface area contributed by atoms with Gasteiger partial charge in [0.2, 0.25) is 0 Å². The molecule has 2 aromatic rings. The van der Waals surface area contributed by atoms with Crippen LogP contribution in [0.15, 0.2) is 48.0 Å². The SMILES string of the molecule is CCOc1ccc([C@@H]2C(=C(O)c3ccc(F)cc3)C(=O)C(=O)N2CCCN(C)C)cc1OC. The standard InChI is InChI=1S/C25H29FN2O5/c1-5-33-19-12-9-17(15-20(19)32-4)22-21(23(29)16-7-10-18(26)11-8-16)24(30)25(31)28(22)14-6-13-27(2)3/h7-12,15,22,29H,5-6,13-14H2,1-4H3/t22-/m1/s1. The fourth-order valence-electron chi connectivity index (χ4n) is 3.91. The van der Waals surface area contributed by atoms with Crippen LogP contribution in [0.4, 0.5) is 4.39 Å². The van der Waals surface area contributed by atoms with Gasteiger partial charge in [0.25, 0.3) is 11.7 Å². The maximum absolute atomic E-state index is 13.4. The van der Waals surface area contributed by atoms with Crippen LogP contribution in [-0.2, 0) is 9.59 Å². The normalized spacial score (nSPS) is 17.6. The highest BCUT2D eigenvalue weighted by atomic mass is 19.1. The first-order chi connectivity index (χ1) is 15.8. The lowest BCUT2D eigenvalue weighted by atomic mass is 9.95. The van der Waals surface area contributed by atoms with E-state index in [1.807, 2.05) is 25.9 Å². The van der Waals surface area contributed by atoms with Gasteiger partial charge in [-0.25, -0.2) is 4.39 Å². The highest BCUT2D eigenvalue weighted by Crippen LogP contribution is 2.42. The average Bonchev–Trinajstić information content (AvgIpc) is 3.04. The Morgan fingerprint density at radius 1 is 1.12 bits per heavy atom. The third-order valence-electron chi connectivity index (χ3n) is 5.47. The lowest BCUT2D eigenvalue weighted by Crippen LogP contribution is -2.32. The lowest BCUT2D eigenvalue weighted by molar-refractivity contribution is -0.139. The summed E-state index contributed by atoms with van der Waals surface area (Å²) in [5.41, 5.74) is 0.816. The number of likely N-dealkylation sites (tertiary alicyclic amines) is 1. The quantitative estimate of drug-likeness (QED) is 0.353. The maximum Gasteiger partial charge on any atom is 0.295 e. The van der Waals surface area contributed by atoms with Crippen molar-refractivity contribution in [3.8, 4) is 11.5 Å². The van der Waals surface area contributed by atoms with Crippen LogP contribution in [0.3, 0.4) is 0 Å². The van der Waals surface area contributed by atoms with E-state index in [1.165, 1.54) is 36.3 Å². The topological polar surface area (TPSA) is 79.3 Å². The number of carbonyl (C=O) groups excluding carboxylic acids is 2. The molecular formula is C25H29FN2O5. The van der Waals surface area contributed by atoms with E-state index in [-0.39, 0.29) is 16.9 Å². The van der Waals surface area contributed by atoms with Gasteiger partial charge in [0, 0.05) is 12.1 Å². The molecule has 0 aliphatic carbocycles. The Balaban J connectivity index is 2.12. The lowest BCUT2D eigenvalue weighted by Gasteiger charge is -2.26. The summed E-state index contributed by atoms with van der Waals surface area (Å²) in [6, 6.07) is 9.49. The third kappa shape index (κ3) is 5.17. The van der Waals surface area contributed by atoms with Crippen LogP contribution in [-0.4, -0.2) is 67.5 Å². The summed E-state index contributed by atoms with van der Waals surface area (Å²) in [6.45, 7) is 3.35. The zero-order chi connectivity index (χ0) is 24.1. The Morgan fingerprint density at radius 2 is 1.82 bits per heavy atom. The number of aliphatic hydroxyl groups excluding tert-OH is 1. The van der Waals surface area contributed by atoms with E-state index in [1.54, 1.807) is 18.2 Å². The Labute approximate surface area is 193 Å². The molecule has 0 radical (unpaired) electrons. The summed E-state index contributed by atoms with van der Waals surface area (Å²) >= 11 is 0. The van der Waals surface area contributed by atoms with Crippen molar-refractivity contribution in [2.75, 3.05) is 40.9 Å². The first-order valence-corrected chi connectivity index (χ1v) is 10.8. The molecule has 8 heteroatoms. The van der Waals surface area contributed by atoms with E-state index in [0.717, 1.165) is 6.54 Å². The number of hydrogen-bond acceptors (Lipinski definition) is 6. The minimum atomic E-state index is -0.818. The summed E-state index contributed by atoms with van der Waals surface area (Å²) in [4.78, 5) is 29.5. The first kappa shape index (κ1) is 24.3. The molecule has 0 aromatic heterocycles. The second-order valence-corrected chi connectivity index (χ2v) is 8.00. The number of amides is 1. The molecule has 1 aliphatic heterocycles. The fourth-order valence-corrected chi connectivity index (χ4v) is 3.91. The molecule has 0 bridgehead atoms. The van der Waals surface area contributed by atoms with Crippen LogP contribution < -0.4 is 9.47 Å². The Kier molecular flexibility index (Phi) is 7.71. The highest BCUT2D eigenvalue weighted by Gasteiger charge is 2.46. The number of nitrogens with zero attached hydrogens (tertiary/aromatic N) is 2. The van der Waals surface area contributed by atoms with Gasteiger partial charge < -0.3 is 24.4 Å². The van der Waals surface area contributed by atoms with Crippen molar-refractivity contribution in [1.82, 2.24) is 9.80 Å². The molecule has 2 aromatic carbocycles. The molecule has 1 N–H and O–H groups in total. The summed E-state index contributed by atoms with van der Waals surface area (Å²) in [7, 11) is 5.36. The fraction of sp³-hybridized carbons (Fsp3) is 0.360. The summed E-state index contributed by atoms with van der Waals surface area (Å²) in [5, 5.41) is 11.0. The predicted molar refractivity (Wildman–Crippen MR) is 123 cm³/mol. The number of hydrogen-bond donors (Lipinski definition) is 1. The Bertz CT molecular complexity index is 1050. The first-order valence-electron chi connectivity index (χ1n) is 10.8. The second-order valence-electron chi connectivity index (χ2n) is 8.00. The van der Waals surface area contributed by atoms with E-state index >= 15 is 0 Å². The zero-order valence-corrected chi connectivity index (χ0v) is 19.3. The van der Waals surface area contributed by atoms with E-state index < -0.39 is 23.5 Å². The van der Waals surface area contributed by atoms with Gasteiger partial charge in [-0.15, -0.1) is 0 Å². The molecule has 0 spiro atoms. The molecule has 1 saturated heterocycles. The number of rotatable bonds is 9. The summed E-state index contributed by atoms with van der Waals surface area (Å²) < 4.78 is 24.4. The van der Waals surface area contributed by atoms with Gasteiger partial charge in [0.05, 0.1) is 25.3 Å². The van der Waals surface area contributed by atoms with Crippen molar-refractivity contribution in [1.29, 1.82) is 0 Å². The third-order valence-corrected chi connectivity index (χ3v) is 5.47. The molecular weight excluding hydrogens is 427 g/mol. The number of benzene rings is 2. The second kappa shape index (κ2) is 10.5. The molecule has 0 saturated carbocycles. The minimum absolute atomic E-state index is 0.0392. The van der Waals surface area contributed by atoms with E-state index in [2.05, 4.69) is 0 Å². The van der Waals surface area contributed by atoms with Crippen molar-refractivity contribution in [2.45, 2.75) is 19.4 Å². The van der Waals surface area contributed by atoms with Crippen LogP contribution in [0, 0.1) is 5.82 Å². The van der Waals surface area contributed by atoms with E-state index in [0.29, 0.717) is 36.6 Å². The van der Waals surface area contributed by atoms with Crippen LogP contribution in [0.2, 0.25) is 0 Å². The zero-order valence-electron chi connectivity index (χ0n) is 19.3. The molecule has 33 heavy (non-hydrogen) atoms. The minimum Gasteiger partial charge on any atom is -0.507 e. The van der Waals surface area contributed by atoms with Gasteiger partial charge >= 0.3 is 0 Å². The van der Waals surface area contributed by atoms with Gasteiger partial charge in [0.1, 0.15) is 11.6 Å². The number of ether oxygens (including phenoxy) is 2. The van der Waals surface area contributed by atoms with Crippen LogP contribution in [0.1, 0.15) is 30.5 Å². The number of methoxy groups -OCH3 is 1. The van der Waals surface area contributed by atoms with E-state index in [9.17, 15) is 19.1 Å². The molecule has 1 atom stereocenters. The number of ketones is 1. The Morgan fingerprint density at radius 3 is 2.42 bits per heavy atom. The number of aliphatic hydroxyl groups is 1. The van der Waals surface area contributed by atoms with Crippen molar-refractivity contribution in [2.24, 2.45) is 0 Å². The Hall–Kier alpha value is -3.39. The van der Waals surface area contributed by atoms with Crippen molar-refractivity contribution in [3.05, 3.63) is 65.0 Å². The maximum atomic E-state index is 13.4.